The average molecular weight is 611 g/mol. The summed E-state index contributed by atoms with van der Waals surface area (Å²) in [4.78, 5) is 15.2. The first-order chi connectivity index (χ1) is 20.8. The number of aliphatic hydroxyl groups excluding tert-OH is 1. The number of hydrogen-bond donors (Lipinski definition) is 3. The standard InChI is InChI=1S/C34H46N2O6S/c1-2-3-23-43(40,41)35-32-16-13-28(14-17-32)19-22-42-21-10-5-4-9-20-36(25-29-11-7-6-8-12-29)26-34(39)30-15-18-33(38)31(24-30)27-37/h6-8,11-18,24,35,37-38H,2-5,9-10,19-23,25-27H2,1H3. The van der Waals surface area contributed by atoms with E-state index in [2.05, 4.69) is 21.8 Å². The number of unbranched alkanes of at least 4 members (excludes halogenated alkanes) is 4. The van der Waals surface area contributed by atoms with Gasteiger partial charge < -0.3 is 14.9 Å². The Morgan fingerprint density at radius 3 is 2.35 bits per heavy atom. The molecule has 0 aromatic heterocycles. The third-order valence-corrected chi connectivity index (χ3v) is 8.60. The zero-order valence-electron chi connectivity index (χ0n) is 25.2. The van der Waals surface area contributed by atoms with E-state index in [1.165, 1.54) is 6.07 Å². The van der Waals surface area contributed by atoms with Crippen molar-refractivity contribution in [3.05, 3.63) is 95.1 Å². The van der Waals surface area contributed by atoms with Crippen LogP contribution in [0.3, 0.4) is 0 Å². The van der Waals surface area contributed by atoms with E-state index >= 15 is 0 Å². The lowest BCUT2D eigenvalue weighted by Crippen LogP contribution is -2.30. The monoisotopic (exact) mass is 610 g/mol. The van der Waals surface area contributed by atoms with Crippen LogP contribution in [0.4, 0.5) is 5.69 Å². The predicted octanol–water partition coefficient (Wildman–Crippen LogP) is 5.93. The highest BCUT2D eigenvalue weighted by Gasteiger charge is 2.15. The highest BCUT2D eigenvalue weighted by atomic mass is 32.2. The summed E-state index contributed by atoms with van der Waals surface area (Å²) < 4.78 is 32.6. The summed E-state index contributed by atoms with van der Waals surface area (Å²) in [5.41, 5.74) is 3.67. The van der Waals surface area contributed by atoms with Crippen molar-refractivity contribution in [2.45, 2.75) is 65.0 Å². The number of benzene rings is 3. The van der Waals surface area contributed by atoms with Crippen LogP contribution in [0, 0.1) is 0 Å². The van der Waals surface area contributed by atoms with Crippen LogP contribution in [0.15, 0.2) is 72.8 Å². The van der Waals surface area contributed by atoms with E-state index in [4.69, 9.17) is 4.74 Å². The molecule has 0 heterocycles. The minimum Gasteiger partial charge on any atom is -0.508 e. The molecule has 0 aliphatic rings. The lowest BCUT2D eigenvalue weighted by Gasteiger charge is -2.22. The fourth-order valence-electron chi connectivity index (χ4n) is 4.73. The Hall–Kier alpha value is -3.24. The van der Waals surface area contributed by atoms with Crippen LogP contribution in [0.5, 0.6) is 5.75 Å². The Bertz CT molecular complexity index is 1350. The van der Waals surface area contributed by atoms with Gasteiger partial charge in [0.15, 0.2) is 5.78 Å². The molecule has 0 aliphatic carbocycles. The molecule has 9 heteroatoms. The Balaban J connectivity index is 1.35. The van der Waals surface area contributed by atoms with Gasteiger partial charge >= 0.3 is 0 Å². The molecule has 0 radical (unpaired) electrons. The van der Waals surface area contributed by atoms with Crippen LogP contribution in [0.2, 0.25) is 0 Å². The number of Topliss-reactive ketones (excluding diaryl/α,β-unsaturated/α-hetero) is 1. The van der Waals surface area contributed by atoms with Gasteiger partial charge in [0, 0.05) is 30.0 Å². The number of carbonyl (C=O) groups is 1. The number of hydrogen-bond acceptors (Lipinski definition) is 7. The normalized spacial score (nSPS) is 11.6. The Morgan fingerprint density at radius 2 is 1.63 bits per heavy atom. The zero-order chi connectivity index (χ0) is 30.9. The highest BCUT2D eigenvalue weighted by molar-refractivity contribution is 7.92. The summed E-state index contributed by atoms with van der Waals surface area (Å²) >= 11 is 0. The molecule has 3 rings (SSSR count). The number of ketones is 1. The molecule has 0 fully saturated rings. The fraction of sp³-hybridized carbons (Fsp3) is 0.441. The van der Waals surface area contributed by atoms with Gasteiger partial charge in [-0.05, 0) is 73.7 Å². The van der Waals surface area contributed by atoms with Crippen LogP contribution in [-0.2, 0) is 34.3 Å². The van der Waals surface area contributed by atoms with Gasteiger partial charge in [-0.1, -0.05) is 68.7 Å². The van der Waals surface area contributed by atoms with E-state index in [-0.39, 0.29) is 30.4 Å². The SMILES string of the molecule is CCCCS(=O)(=O)Nc1ccc(CCOCCCCCCN(CC(=O)c2ccc(O)c(CO)c2)Cc2ccccc2)cc1. The number of nitrogens with zero attached hydrogens (tertiary/aromatic N) is 1. The van der Waals surface area contributed by atoms with Crippen molar-refractivity contribution >= 4 is 21.5 Å². The zero-order valence-corrected chi connectivity index (χ0v) is 26.0. The summed E-state index contributed by atoms with van der Waals surface area (Å²) in [5.74, 6) is 0.0868. The molecule has 0 unspecified atom stereocenters. The molecule has 234 valence electrons. The van der Waals surface area contributed by atoms with E-state index < -0.39 is 10.0 Å². The maximum Gasteiger partial charge on any atom is 0.232 e. The number of aromatic hydroxyl groups is 1. The average Bonchev–Trinajstić information content (AvgIpc) is 3.00. The summed E-state index contributed by atoms with van der Waals surface area (Å²) in [6, 6.07) is 22.2. The molecule has 0 saturated carbocycles. The second-order valence-electron chi connectivity index (χ2n) is 10.9. The quantitative estimate of drug-likeness (QED) is 0.101. The van der Waals surface area contributed by atoms with E-state index in [1.54, 1.807) is 24.3 Å². The van der Waals surface area contributed by atoms with Gasteiger partial charge in [-0.2, -0.15) is 0 Å². The van der Waals surface area contributed by atoms with Crippen molar-refractivity contribution in [1.29, 1.82) is 0 Å². The van der Waals surface area contributed by atoms with Gasteiger partial charge in [0.25, 0.3) is 0 Å². The second kappa shape index (κ2) is 18.4. The van der Waals surface area contributed by atoms with Crippen LogP contribution in [0.25, 0.3) is 0 Å². The third-order valence-electron chi connectivity index (χ3n) is 7.23. The number of carbonyl (C=O) groups excluding carboxylic acids is 1. The van der Waals surface area contributed by atoms with E-state index in [9.17, 15) is 23.4 Å². The number of aliphatic hydroxyl groups is 1. The number of phenols is 1. The van der Waals surface area contributed by atoms with Gasteiger partial charge in [0.1, 0.15) is 5.75 Å². The minimum atomic E-state index is -3.29. The van der Waals surface area contributed by atoms with Crippen molar-refractivity contribution in [3.8, 4) is 5.75 Å². The first kappa shape index (κ1) is 34.3. The Kier molecular flexibility index (Phi) is 14.7. The molecular formula is C34H46N2O6S. The maximum atomic E-state index is 13.0. The van der Waals surface area contributed by atoms with Crippen molar-refractivity contribution in [1.82, 2.24) is 4.90 Å². The van der Waals surface area contributed by atoms with Gasteiger partial charge in [-0.15, -0.1) is 0 Å². The highest BCUT2D eigenvalue weighted by Crippen LogP contribution is 2.19. The Labute approximate surface area is 256 Å². The largest absolute Gasteiger partial charge is 0.508 e. The Morgan fingerprint density at radius 1 is 0.884 bits per heavy atom. The van der Waals surface area contributed by atoms with Crippen LogP contribution >= 0.6 is 0 Å². The molecular weight excluding hydrogens is 564 g/mol. The number of rotatable bonds is 21. The van der Waals surface area contributed by atoms with Gasteiger partial charge in [-0.3, -0.25) is 14.4 Å². The first-order valence-electron chi connectivity index (χ1n) is 15.2. The van der Waals surface area contributed by atoms with E-state index in [0.717, 1.165) is 56.2 Å². The predicted molar refractivity (Wildman–Crippen MR) is 172 cm³/mol. The smallest absolute Gasteiger partial charge is 0.232 e. The lowest BCUT2D eigenvalue weighted by atomic mass is 10.1. The van der Waals surface area contributed by atoms with E-state index in [1.807, 2.05) is 37.3 Å². The van der Waals surface area contributed by atoms with Crippen molar-refractivity contribution < 1.29 is 28.2 Å². The van der Waals surface area contributed by atoms with E-state index in [0.29, 0.717) is 43.0 Å². The summed E-state index contributed by atoms with van der Waals surface area (Å²) in [6.07, 6.45) is 6.26. The van der Waals surface area contributed by atoms with Gasteiger partial charge in [0.05, 0.1) is 25.5 Å². The van der Waals surface area contributed by atoms with Gasteiger partial charge in [-0.25, -0.2) is 8.42 Å². The second-order valence-corrected chi connectivity index (χ2v) is 12.7. The van der Waals surface area contributed by atoms with Crippen molar-refractivity contribution in [2.24, 2.45) is 0 Å². The van der Waals surface area contributed by atoms with Gasteiger partial charge in [0.2, 0.25) is 10.0 Å². The molecule has 0 atom stereocenters. The number of sulfonamides is 1. The van der Waals surface area contributed by atoms with Crippen LogP contribution in [-0.4, -0.2) is 61.4 Å². The van der Waals surface area contributed by atoms with Crippen LogP contribution < -0.4 is 4.72 Å². The van der Waals surface area contributed by atoms with Crippen molar-refractivity contribution in [2.75, 3.05) is 36.8 Å². The number of anilines is 1. The van der Waals surface area contributed by atoms with Crippen molar-refractivity contribution in [3.63, 3.8) is 0 Å². The first-order valence-corrected chi connectivity index (χ1v) is 16.8. The molecule has 0 spiro atoms. The third kappa shape index (κ3) is 12.9. The maximum absolute atomic E-state index is 13.0. The molecule has 0 aliphatic heterocycles. The molecule has 8 nitrogen and oxygen atoms in total. The molecule has 0 bridgehead atoms. The molecule has 43 heavy (non-hydrogen) atoms. The summed E-state index contributed by atoms with van der Waals surface area (Å²) in [6.45, 7) is 4.68. The number of ether oxygens (including phenoxy) is 1. The van der Waals surface area contributed by atoms with Crippen LogP contribution in [0.1, 0.15) is 72.5 Å². The molecule has 0 saturated heterocycles. The molecule has 3 N–H and O–H groups in total. The fourth-order valence-corrected chi connectivity index (χ4v) is 5.99. The molecule has 3 aromatic rings. The topological polar surface area (TPSA) is 116 Å². The lowest BCUT2D eigenvalue weighted by molar-refractivity contribution is 0.0923. The summed E-state index contributed by atoms with van der Waals surface area (Å²) in [7, 11) is -3.29. The molecule has 3 aromatic carbocycles. The summed E-state index contributed by atoms with van der Waals surface area (Å²) in [5, 5.41) is 19.3. The number of nitrogens with one attached hydrogen (secondary N) is 1. The molecule has 0 amide bonds. The minimum absolute atomic E-state index is 0.0107.